The Morgan fingerprint density at radius 3 is 2.31 bits per heavy atom. The van der Waals surface area contributed by atoms with Gasteiger partial charge in [-0.1, -0.05) is 18.2 Å². The molecule has 0 heterocycles. The van der Waals surface area contributed by atoms with Crippen LogP contribution < -0.4 is 56.5 Å². The molecule has 0 aliphatic carbocycles. The van der Waals surface area contributed by atoms with E-state index in [1.165, 1.54) is 18.2 Å². The molecule has 0 unspecified atom stereocenters. The van der Waals surface area contributed by atoms with Gasteiger partial charge in [0.05, 0.1) is 5.97 Å². The average molecular weight is 202 g/mol. The van der Waals surface area contributed by atoms with Crippen LogP contribution in [0.25, 0.3) is 6.08 Å². The standard InChI is InChI=1S/C9H8O3.K/c10-8-4-1-7(2-5-8)3-6-9(11)12;/h1-6,10H,(H,11,12);/q;+1/p-1/b6-3+;. The number of phenols is 1. The van der Waals surface area contributed by atoms with Crippen molar-refractivity contribution in [3.63, 3.8) is 0 Å². The first-order valence-electron chi connectivity index (χ1n) is 3.36. The number of carboxylic acids is 1. The van der Waals surface area contributed by atoms with E-state index in [1.54, 1.807) is 12.1 Å². The van der Waals surface area contributed by atoms with E-state index >= 15 is 0 Å². The molecule has 0 aliphatic heterocycles. The third-order valence-electron chi connectivity index (χ3n) is 1.30. The van der Waals surface area contributed by atoms with Crippen molar-refractivity contribution in [1.82, 2.24) is 0 Å². The van der Waals surface area contributed by atoms with Gasteiger partial charge in [0.15, 0.2) is 0 Å². The zero-order valence-corrected chi connectivity index (χ0v) is 10.4. The molecule has 1 aromatic rings. The number of phenolic OH excluding ortho intramolecular Hbond substituents is 1. The van der Waals surface area contributed by atoms with Gasteiger partial charge in [0.2, 0.25) is 0 Å². The molecule has 1 rings (SSSR count). The fraction of sp³-hybridized carbons (Fsp3) is 0. The van der Waals surface area contributed by atoms with Gasteiger partial charge >= 0.3 is 51.4 Å². The van der Waals surface area contributed by atoms with Gasteiger partial charge in [0, 0.05) is 0 Å². The molecule has 0 atom stereocenters. The van der Waals surface area contributed by atoms with E-state index in [2.05, 4.69) is 0 Å². The Kier molecular flexibility index (Phi) is 6.27. The van der Waals surface area contributed by atoms with Crippen molar-refractivity contribution in [3.8, 4) is 5.75 Å². The summed E-state index contributed by atoms with van der Waals surface area (Å²) in [6.07, 6.45) is 2.33. The summed E-state index contributed by atoms with van der Waals surface area (Å²) in [7, 11) is 0. The van der Waals surface area contributed by atoms with Crippen molar-refractivity contribution in [2.45, 2.75) is 0 Å². The molecule has 0 fully saturated rings. The number of carboxylic acid groups (broad SMARTS) is 1. The maximum atomic E-state index is 9.99. The minimum Gasteiger partial charge on any atom is -0.545 e. The zero-order valence-electron chi connectivity index (χ0n) is 7.23. The van der Waals surface area contributed by atoms with Gasteiger partial charge in [-0.25, -0.2) is 0 Å². The first kappa shape index (κ1) is 12.9. The summed E-state index contributed by atoms with van der Waals surface area (Å²) in [6.45, 7) is 0. The van der Waals surface area contributed by atoms with Crippen LogP contribution in [0.3, 0.4) is 0 Å². The molecular weight excluding hydrogens is 195 g/mol. The molecule has 1 N–H and O–H groups in total. The number of rotatable bonds is 2. The minimum atomic E-state index is -1.23. The second kappa shape index (κ2) is 6.34. The van der Waals surface area contributed by atoms with E-state index in [9.17, 15) is 9.90 Å². The van der Waals surface area contributed by atoms with Crippen LogP contribution in [-0.2, 0) is 4.79 Å². The first-order chi connectivity index (χ1) is 5.68. The molecule has 0 radical (unpaired) electrons. The van der Waals surface area contributed by atoms with Crippen LogP contribution in [0, 0.1) is 0 Å². The van der Waals surface area contributed by atoms with Crippen LogP contribution in [-0.4, -0.2) is 11.1 Å². The zero-order chi connectivity index (χ0) is 8.97. The van der Waals surface area contributed by atoms with Gasteiger partial charge in [-0.15, -0.1) is 0 Å². The second-order valence-corrected chi connectivity index (χ2v) is 2.24. The van der Waals surface area contributed by atoms with Crippen molar-refractivity contribution >= 4 is 12.0 Å². The Hall–Kier alpha value is -0.134. The third kappa shape index (κ3) is 5.23. The number of benzene rings is 1. The van der Waals surface area contributed by atoms with E-state index in [0.29, 0.717) is 5.56 Å². The SMILES string of the molecule is O=C([O-])/C=C/c1ccc(O)cc1.[K+]. The molecule has 0 bridgehead atoms. The molecule has 4 heteroatoms. The van der Waals surface area contributed by atoms with Crippen LogP contribution >= 0.6 is 0 Å². The molecule has 0 saturated heterocycles. The second-order valence-electron chi connectivity index (χ2n) is 2.24. The number of hydrogen-bond donors (Lipinski definition) is 1. The molecule has 0 aliphatic rings. The summed E-state index contributed by atoms with van der Waals surface area (Å²) in [5.41, 5.74) is 0.706. The quantitative estimate of drug-likeness (QED) is 0.415. The largest absolute Gasteiger partial charge is 1.00 e. The Morgan fingerprint density at radius 1 is 1.31 bits per heavy atom. The predicted molar refractivity (Wildman–Crippen MR) is 42.1 cm³/mol. The van der Waals surface area contributed by atoms with Gasteiger partial charge in [0.1, 0.15) is 5.75 Å². The van der Waals surface area contributed by atoms with Gasteiger partial charge in [0.25, 0.3) is 0 Å². The Labute approximate surface area is 119 Å². The van der Waals surface area contributed by atoms with E-state index in [4.69, 9.17) is 5.11 Å². The van der Waals surface area contributed by atoms with Gasteiger partial charge < -0.3 is 15.0 Å². The normalized spacial score (nSPS) is 9.54. The van der Waals surface area contributed by atoms with Crippen LogP contribution in [0.2, 0.25) is 0 Å². The van der Waals surface area contributed by atoms with Gasteiger partial charge in [-0.2, -0.15) is 0 Å². The van der Waals surface area contributed by atoms with Crippen LogP contribution in [0.1, 0.15) is 5.56 Å². The smallest absolute Gasteiger partial charge is 0.545 e. The van der Waals surface area contributed by atoms with Crippen molar-refractivity contribution in [2.24, 2.45) is 0 Å². The molecule has 13 heavy (non-hydrogen) atoms. The minimum absolute atomic E-state index is 0. The molecule has 0 saturated carbocycles. The van der Waals surface area contributed by atoms with E-state index in [1.807, 2.05) is 0 Å². The van der Waals surface area contributed by atoms with Crippen molar-refractivity contribution < 1.29 is 66.4 Å². The maximum absolute atomic E-state index is 9.99. The monoisotopic (exact) mass is 202 g/mol. The summed E-state index contributed by atoms with van der Waals surface area (Å²) in [4.78, 5) is 9.99. The first-order valence-corrected chi connectivity index (χ1v) is 3.36. The third-order valence-corrected chi connectivity index (χ3v) is 1.30. The predicted octanol–water partition coefficient (Wildman–Crippen LogP) is -2.84. The van der Waals surface area contributed by atoms with Crippen LogP contribution in [0.4, 0.5) is 0 Å². The molecule has 0 amide bonds. The molecular formula is C9H7KO3. The summed E-state index contributed by atoms with van der Waals surface area (Å²) >= 11 is 0. The number of aromatic hydroxyl groups is 1. The van der Waals surface area contributed by atoms with E-state index < -0.39 is 5.97 Å². The Balaban J connectivity index is 0.00000144. The van der Waals surface area contributed by atoms with Gasteiger partial charge in [-0.05, 0) is 23.8 Å². The van der Waals surface area contributed by atoms with Gasteiger partial charge in [-0.3, -0.25) is 0 Å². The summed E-state index contributed by atoms with van der Waals surface area (Å²) in [6, 6.07) is 6.17. The number of carbonyl (C=O) groups excluding carboxylic acids is 1. The molecule has 0 spiro atoms. The topological polar surface area (TPSA) is 60.4 Å². The van der Waals surface area contributed by atoms with Crippen molar-refractivity contribution in [3.05, 3.63) is 35.9 Å². The Bertz CT molecular complexity index is 303. The summed E-state index contributed by atoms with van der Waals surface area (Å²) in [5, 5.41) is 18.9. The van der Waals surface area contributed by atoms with Crippen molar-refractivity contribution in [1.29, 1.82) is 0 Å². The fourth-order valence-electron chi connectivity index (χ4n) is 0.750. The number of hydrogen-bond acceptors (Lipinski definition) is 3. The Morgan fingerprint density at radius 2 is 1.85 bits per heavy atom. The van der Waals surface area contributed by atoms with Crippen LogP contribution in [0.15, 0.2) is 30.3 Å². The molecule has 3 nitrogen and oxygen atoms in total. The van der Waals surface area contributed by atoms with Crippen molar-refractivity contribution in [2.75, 3.05) is 0 Å². The average Bonchev–Trinajstić information content (AvgIpc) is 2.03. The molecule has 0 aromatic heterocycles. The fourth-order valence-corrected chi connectivity index (χ4v) is 0.750. The number of carbonyl (C=O) groups is 1. The van der Waals surface area contributed by atoms with E-state index in [-0.39, 0.29) is 57.1 Å². The maximum Gasteiger partial charge on any atom is 1.00 e. The molecule has 1 aromatic carbocycles. The molecule has 62 valence electrons. The summed E-state index contributed by atoms with van der Waals surface area (Å²) in [5.74, 6) is -1.08. The number of aliphatic carboxylic acids is 1. The summed E-state index contributed by atoms with van der Waals surface area (Å²) < 4.78 is 0. The van der Waals surface area contributed by atoms with Crippen LogP contribution in [0.5, 0.6) is 5.75 Å². The van der Waals surface area contributed by atoms with E-state index in [0.717, 1.165) is 6.08 Å².